The van der Waals surface area contributed by atoms with Gasteiger partial charge in [0.05, 0.1) is 5.69 Å². The van der Waals surface area contributed by atoms with Gasteiger partial charge in [0, 0.05) is 10.9 Å². The van der Waals surface area contributed by atoms with E-state index in [4.69, 9.17) is 5.11 Å². The van der Waals surface area contributed by atoms with Gasteiger partial charge in [0.25, 0.3) is 0 Å². The van der Waals surface area contributed by atoms with Gasteiger partial charge in [-0.05, 0) is 17.5 Å². The zero-order chi connectivity index (χ0) is 10.8. The van der Waals surface area contributed by atoms with Gasteiger partial charge in [-0.25, -0.2) is 9.59 Å². The van der Waals surface area contributed by atoms with Crippen molar-refractivity contribution >= 4 is 17.3 Å². The average Bonchev–Trinajstić information content (AvgIpc) is 2.69. The molecular weight excluding hydrogens is 216 g/mol. The number of H-pyrrole nitrogens is 1. The summed E-state index contributed by atoms with van der Waals surface area (Å²) in [7, 11) is 0. The standard InChI is InChI=1S/C9H6N2O3S/c12-8(13)7-3-6(10-9(14)11-7)5-1-2-15-4-5/h1-4H,(H,12,13)(H,10,11,14). The second-order valence-corrected chi connectivity index (χ2v) is 3.58. The lowest BCUT2D eigenvalue weighted by Crippen LogP contribution is -2.16. The molecule has 0 amide bonds. The quantitative estimate of drug-likeness (QED) is 0.799. The van der Waals surface area contributed by atoms with Crippen molar-refractivity contribution in [3.05, 3.63) is 39.1 Å². The molecule has 0 bridgehead atoms. The second-order valence-electron chi connectivity index (χ2n) is 2.80. The number of carbonyl (C=O) groups is 1. The Morgan fingerprint density at radius 2 is 2.33 bits per heavy atom. The first kappa shape index (κ1) is 9.60. The lowest BCUT2D eigenvalue weighted by atomic mass is 10.2. The van der Waals surface area contributed by atoms with E-state index in [0.29, 0.717) is 5.69 Å². The highest BCUT2D eigenvalue weighted by Gasteiger charge is 2.08. The molecule has 2 N–H and O–H groups in total. The summed E-state index contributed by atoms with van der Waals surface area (Å²) in [6.07, 6.45) is 0. The molecule has 0 saturated carbocycles. The number of carboxylic acid groups (broad SMARTS) is 1. The molecule has 0 atom stereocenters. The summed E-state index contributed by atoms with van der Waals surface area (Å²) >= 11 is 1.45. The van der Waals surface area contributed by atoms with E-state index in [1.807, 2.05) is 5.38 Å². The van der Waals surface area contributed by atoms with Crippen molar-refractivity contribution in [3.63, 3.8) is 0 Å². The molecular formula is C9H6N2O3S. The highest BCUT2D eigenvalue weighted by molar-refractivity contribution is 7.08. The predicted molar refractivity (Wildman–Crippen MR) is 55.1 cm³/mol. The predicted octanol–water partition coefficient (Wildman–Crippen LogP) is 1.20. The van der Waals surface area contributed by atoms with Crippen molar-refractivity contribution in [2.24, 2.45) is 0 Å². The normalized spacial score (nSPS) is 10.1. The van der Waals surface area contributed by atoms with Gasteiger partial charge in [0.15, 0.2) is 0 Å². The maximum atomic E-state index is 11.1. The van der Waals surface area contributed by atoms with Crippen LogP contribution >= 0.6 is 11.3 Å². The number of aromatic amines is 1. The highest BCUT2D eigenvalue weighted by atomic mass is 32.1. The first-order chi connectivity index (χ1) is 7.16. The largest absolute Gasteiger partial charge is 0.477 e. The van der Waals surface area contributed by atoms with E-state index in [1.54, 1.807) is 11.4 Å². The van der Waals surface area contributed by atoms with Crippen LogP contribution in [0.4, 0.5) is 0 Å². The average molecular weight is 222 g/mol. The third kappa shape index (κ3) is 1.94. The van der Waals surface area contributed by atoms with Gasteiger partial charge in [-0.3, -0.25) is 4.98 Å². The molecule has 2 rings (SSSR count). The van der Waals surface area contributed by atoms with Crippen LogP contribution in [-0.2, 0) is 0 Å². The smallest absolute Gasteiger partial charge is 0.352 e. The number of aromatic carboxylic acids is 1. The van der Waals surface area contributed by atoms with Crippen molar-refractivity contribution < 1.29 is 9.90 Å². The number of rotatable bonds is 2. The van der Waals surface area contributed by atoms with Crippen LogP contribution in [0, 0.1) is 0 Å². The van der Waals surface area contributed by atoms with Gasteiger partial charge in [-0.2, -0.15) is 16.3 Å². The number of hydrogen-bond acceptors (Lipinski definition) is 4. The molecule has 0 aliphatic rings. The van der Waals surface area contributed by atoms with E-state index in [-0.39, 0.29) is 5.69 Å². The Morgan fingerprint density at radius 3 is 2.93 bits per heavy atom. The fourth-order valence-corrected chi connectivity index (χ4v) is 1.78. The van der Waals surface area contributed by atoms with Crippen LogP contribution in [0.1, 0.15) is 10.5 Å². The molecule has 0 aliphatic carbocycles. The topological polar surface area (TPSA) is 83.0 Å². The van der Waals surface area contributed by atoms with E-state index in [9.17, 15) is 9.59 Å². The molecule has 76 valence electrons. The third-order valence-corrected chi connectivity index (χ3v) is 2.48. The molecule has 0 aliphatic heterocycles. The summed E-state index contributed by atoms with van der Waals surface area (Å²) in [4.78, 5) is 27.6. The van der Waals surface area contributed by atoms with Gasteiger partial charge in [-0.1, -0.05) is 0 Å². The van der Waals surface area contributed by atoms with Crippen molar-refractivity contribution in [2.75, 3.05) is 0 Å². The Hall–Kier alpha value is -1.95. The van der Waals surface area contributed by atoms with E-state index >= 15 is 0 Å². The van der Waals surface area contributed by atoms with Crippen molar-refractivity contribution in [3.8, 4) is 11.3 Å². The minimum absolute atomic E-state index is 0.156. The SMILES string of the molecule is O=C(O)c1cc(-c2ccsc2)nc(=O)[nH]1. The molecule has 0 saturated heterocycles. The Kier molecular flexibility index (Phi) is 2.34. The van der Waals surface area contributed by atoms with E-state index < -0.39 is 11.7 Å². The first-order valence-corrected chi connectivity index (χ1v) is 4.98. The van der Waals surface area contributed by atoms with Crippen LogP contribution in [0.3, 0.4) is 0 Å². The molecule has 0 unspecified atom stereocenters. The Balaban J connectivity index is 2.59. The summed E-state index contributed by atoms with van der Waals surface area (Å²) in [6.45, 7) is 0. The summed E-state index contributed by atoms with van der Waals surface area (Å²) in [5.41, 5.74) is 0.304. The van der Waals surface area contributed by atoms with Gasteiger partial charge in [0.2, 0.25) is 0 Å². The van der Waals surface area contributed by atoms with Crippen LogP contribution < -0.4 is 5.69 Å². The van der Waals surface area contributed by atoms with E-state index in [0.717, 1.165) is 5.56 Å². The lowest BCUT2D eigenvalue weighted by Gasteiger charge is -1.97. The van der Waals surface area contributed by atoms with Crippen molar-refractivity contribution in [1.29, 1.82) is 0 Å². The number of aromatic nitrogens is 2. The summed E-state index contributed by atoms with van der Waals surface area (Å²) in [5, 5.41) is 12.4. The van der Waals surface area contributed by atoms with E-state index in [2.05, 4.69) is 9.97 Å². The van der Waals surface area contributed by atoms with Crippen LogP contribution in [0.25, 0.3) is 11.3 Å². The first-order valence-electron chi connectivity index (χ1n) is 4.04. The minimum Gasteiger partial charge on any atom is -0.477 e. The molecule has 6 heteroatoms. The van der Waals surface area contributed by atoms with Gasteiger partial charge in [-0.15, -0.1) is 0 Å². The molecule has 2 aromatic heterocycles. The minimum atomic E-state index is -1.18. The Bertz CT molecular complexity index is 545. The maximum absolute atomic E-state index is 11.1. The third-order valence-electron chi connectivity index (χ3n) is 1.79. The second kappa shape index (κ2) is 3.66. The van der Waals surface area contributed by atoms with Gasteiger partial charge in [0.1, 0.15) is 5.69 Å². The number of carboxylic acids is 1. The molecule has 5 nitrogen and oxygen atoms in total. The summed E-state index contributed by atoms with van der Waals surface area (Å²) < 4.78 is 0. The number of thiophene rings is 1. The van der Waals surface area contributed by atoms with Crippen LogP contribution in [0.15, 0.2) is 27.7 Å². The molecule has 0 radical (unpaired) electrons. The highest BCUT2D eigenvalue weighted by Crippen LogP contribution is 2.18. The monoisotopic (exact) mass is 222 g/mol. The van der Waals surface area contributed by atoms with Crippen molar-refractivity contribution in [1.82, 2.24) is 9.97 Å². The Labute approximate surface area is 88.1 Å². The number of hydrogen-bond donors (Lipinski definition) is 2. The van der Waals surface area contributed by atoms with Crippen LogP contribution in [0.2, 0.25) is 0 Å². The zero-order valence-electron chi connectivity index (χ0n) is 7.43. The zero-order valence-corrected chi connectivity index (χ0v) is 8.25. The fourth-order valence-electron chi connectivity index (χ4n) is 1.13. The maximum Gasteiger partial charge on any atom is 0.352 e. The fraction of sp³-hybridized carbons (Fsp3) is 0. The van der Waals surface area contributed by atoms with E-state index in [1.165, 1.54) is 17.4 Å². The molecule has 0 aromatic carbocycles. The molecule has 0 fully saturated rings. The lowest BCUT2D eigenvalue weighted by molar-refractivity contribution is 0.0690. The molecule has 2 aromatic rings. The number of nitrogens with zero attached hydrogens (tertiary/aromatic N) is 1. The van der Waals surface area contributed by atoms with Gasteiger partial charge < -0.3 is 5.11 Å². The van der Waals surface area contributed by atoms with Crippen LogP contribution in [0.5, 0.6) is 0 Å². The van der Waals surface area contributed by atoms with Crippen molar-refractivity contribution in [2.45, 2.75) is 0 Å². The Morgan fingerprint density at radius 1 is 1.53 bits per heavy atom. The molecule has 15 heavy (non-hydrogen) atoms. The molecule has 0 spiro atoms. The number of nitrogens with one attached hydrogen (secondary N) is 1. The summed E-state index contributed by atoms with van der Waals surface area (Å²) in [5.74, 6) is -1.18. The molecule has 2 heterocycles. The van der Waals surface area contributed by atoms with Gasteiger partial charge >= 0.3 is 11.7 Å². The summed E-state index contributed by atoms with van der Waals surface area (Å²) in [6, 6.07) is 3.11. The van der Waals surface area contributed by atoms with Crippen LogP contribution in [-0.4, -0.2) is 21.0 Å².